The molecule has 2 aromatic carbocycles. The molecule has 2 aromatic rings. The van der Waals surface area contributed by atoms with E-state index < -0.39 is 5.97 Å². The van der Waals surface area contributed by atoms with Crippen LogP contribution in [0.1, 0.15) is 15.9 Å². The number of hydrogen-bond donors (Lipinski definition) is 2. The van der Waals surface area contributed by atoms with Crippen LogP contribution in [0.15, 0.2) is 48.5 Å². The van der Waals surface area contributed by atoms with Gasteiger partial charge in [-0.05, 0) is 54.9 Å². The zero-order valence-corrected chi connectivity index (χ0v) is 14.4. The summed E-state index contributed by atoms with van der Waals surface area (Å²) < 4.78 is 9.81. The van der Waals surface area contributed by atoms with Crippen LogP contribution >= 0.6 is 0 Å². The first-order chi connectivity index (χ1) is 12.1. The van der Waals surface area contributed by atoms with Crippen LogP contribution in [0.25, 0.3) is 0 Å². The highest BCUT2D eigenvalue weighted by molar-refractivity contribution is 5.93. The molecule has 2 rings (SSSR count). The lowest BCUT2D eigenvalue weighted by atomic mass is 10.1. The first-order valence-corrected chi connectivity index (χ1v) is 7.94. The van der Waals surface area contributed by atoms with Crippen LogP contribution in [0.2, 0.25) is 0 Å². The van der Waals surface area contributed by atoms with Crippen molar-refractivity contribution in [2.45, 2.75) is 6.42 Å². The molecule has 0 aromatic heterocycles. The van der Waals surface area contributed by atoms with Crippen molar-refractivity contribution in [2.75, 3.05) is 32.6 Å². The van der Waals surface area contributed by atoms with E-state index in [1.807, 2.05) is 24.3 Å². The van der Waals surface area contributed by atoms with Crippen molar-refractivity contribution in [1.29, 1.82) is 0 Å². The molecule has 6 nitrogen and oxygen atoms in total. The molecule has 0 heterocycles. The van der Waals surface area contributed by atoms with Gasteiger partial charge < -0.3 is 20.1 Å². The summed E-state index contributed by atoms with van der Waals surface area (Å²) in [5, 5.41) is 5.87. The smallest absolute Gasteiger partial charge is 0.337 e. The molecule has 0 radical (unpaired) electrons. The maximum Gasteiger partial charge on any atom is 0.337 e. The number of rotatable bonds is 8. The summed E-state index contributed by atoms with van der Waals surface area (Å²) in [6.07, 6.45) is 0.804. The van der Waals surface area contributed by atoms with Gasteiger partial charge in [0, 0.05) is 5.69 Å². The first kappa shape index (κ1) is 18.5. The summed E-state index contributed by atoms with van der Waals surface area (Å²) in [4.78, 5) is 23.3. The fourth-order valence-corrected chi connectivity index (χ4v) is 2.28. The van der Waals surface area contributed by atoms with Gasteiger partial charge in [0.25, 0.3) is 0 Å². The zero-order chi connectivity index (χ0) is 18.1. The normalized spacial score (nSPS) is 10.2. The number of anilines is 1. The van der Waals surface area contributed by atoms with E-state index in [2.05, 4.69) is 15.4 Å². The zero-order valence-electron chi connectivity index (χ0n) is 14.4. The van der Waals surface area contributed by atoms with Gasteiger partial charge in [0.2, 0.25) is 5.91 Å². The number of carbonyl (C=O) groups excluding carboxylic acids is 2. The lowest BCUT2D eigenvalue weighted by molar-refractivity contribution is -0.115. The van der Waals surface area contributed by atoms with Gasteiger partial charge in [-0.25, -0.2) is 4.79 Å². The van der Waals surface area contributed by atoms with Crippen molar-refractivity contribution in [3.05, 3.63) is 59.7 Å². The molecule has 6 heteroatoms. The van der Waals surface area contributed by atoms with Gasteiger partial charge >= 0.3 is 5.97 Å². The third-order valence-electron chi connectivity index (χ3n) is 3.60. The Balaban J connectivity index is 1.72. The molecule has 0 fully saturated rings. The van der Waals surface area contributed by atoms with Crippen molar-refractivity contribution in [2.24, 2.45) is 0 Å². The van der Waals surface area contributed by atoms with Crippen LogP contribution in [-0.2, 0) is 16.0 Å². The van der Waals surface area contributed by atoms with Gasteiger partial charge in [-0.1, -0.05) is 12.1 Å². The average molecular weight is 342 g/mol. The number of benzene rings is 2. The number of amides is 1. The van der Waals surface area contributed by atoms with E-state index in [4.69, 9.17) is 4.74 Å². The van der Waals surface area contributed by atoms with Gasteiger partial charge in [-0.2, -0.15) is 0 Å². The molecule has 0 bridgehead atoms. The first-order valence-electron chi connectivity index (χ1n) is 7.94. The minimum atomic E-state index is -0.405. The van der Waals surface area contributed by atoms with Crippen LogP contribution in [0.3, 0.4) is 0 Å². The Bertz CT molecular complexity index is 714. The molecule has 2 N–H and O–H groups in total. The molecule has 0 spiro atoms. The Kier molecular flexibility index (Phi) is 6.98. The molecule has 25 heavy (non-hydrogen) atoms. The second-order valence-corrected chi connectivity index (χ2v) is 5.40. The highest BCUT2D eigenvalue weighted by Crippen LogP contribution is 2.12. The number of carbonyl (C=O) groups is 2. The molecular formula is C19H22N2O4. The second-order valence-electron chi connectivity index (χ2n) is 5.40. The van der Waals surface area contributed by atoms with Crippen molar-refractivity contribution in [1.82, 2.24) is 5.32 Å². The highest BCUT2D eigenvalue weighted by Gasteiger charge is 2.06. The molecule has 0 saturated carbocycles. The van der Waals surface area contributed by atoms with Gasteiger partial charge in [0.1, 0.15) is 5.75 Å². The number of hydrogen-bond acceptors (Lipinski definition) is 5. The molecule has 132 valence electrons. The lowest BCUT2D eigenvalue weighted by Crippen LogP contribution is -2.29. The third-order valence-corrected chi connectivity index (χ3v) is 3.60. The summed E-state index contributed by atoms with van der Waals surface area (Å²) in [5.41, 5.74) is 2.22. The molecular weight excluding hydrogens is 320 g/mol. The average Bonchev–Trinajstić information content (AvgIpc) is 2.65. The second kappa shape index (κ2) is 9.44. The summed E-state index contributed by atoms with van der Waals surface area (Å²) in [7, 11) is 2.97. The topological polar surface area (TPSA) is 76.7 Å². The molecule has 0 aliphatic rings. The molecule has 1 amide bonds. The van der Waals surface area contributed by atoms with E-state index in [1.165, 1.54) is 7.11 Å². The quantitative estimate of drug-likeness (QED) is 0.568. The Morgan fingerprint density at radius 3 is 2.48 bits per heavy atom. The predicted octanol–water partition coefficient (Wildman–Crippen LogP) is 2.25. The van der Waals surface area contributed by atoms with E-state index in [0.717, 1.165) is 17.7 Å². The van der Waals surface area contributed by atoms with Gasteiger partial charge in [-0.3, -0.25) is 4.79 Å². The van der Waals surface area contributed by atoms with Crippen LogP contribution in [0, 0.1) is 0 Å². The minimum absolute atomic E-state index is 0.142. The molecule has 0 atom stereocenters. The van der Waals surface area contributed by atoms with E-state index in [9.17, 15) is 9.59 Å². The Labute approximate surface area is 147 Å². The lowest BCUT2D eigenvalue weighted by Gasteiger charge is -2.08. The minimum Gasteiger partial charge on any atom is -0.497 e. The van der Waals surface area contributed by atoms with E-state index in [1.54, 1.807) is 31.4 Å². The SMILES string of the molecule is COC(=O)c1ccc(NC(=O)CNCCc2cccc(OC)c2)cc1. The van der Waals surface area contributed by atoms with Gasteiger partial charge in [0.15, 0.2) is 0 Å². The fraction of sp³-hybridized carbons (Fsp3) is 0.263. The molecule has 0 aliphatic carbocycles. The Morgan fingerprint density at radius 2 is 1.80 bits per heavy atom. The summed E-state index contributed by atoms with van der Waals surface area (Å²) >= 11 is 0. The van der Waals surface area contributed by atoms with Crippen LogP contribution < -0.4 is 15.4 Å². The Morgan fingerprint density at radius 1 is 1.04 bits per heavy atom. The molecule has 0 aliphatic heterocycles. The number of esters is 1. The Hall–Kier alpha value is -2.86. The summed E-state index contributed by atoms with van der Waals surface area (Å²) in [6.45, 7) is 0.893. The number of nitrogens with one attached hydrogen (secondary N) is 2. The number of methoxy groups -OCH3 is 2. The summed E-state index contributed by atoms with van der Waals surface area (Å²) in [5.74, 6) is 0.277. The standard InChI is InChI=1S/C19H22N2O4/c1-24-17-5-3-4-14(12-17)10-11-20-13-18(22)21-16-8-6-15(7-9-16)19(23)25-2/h3-9,12,20H,10-11,13H2,1-2H3,(H,21,22). The largest absolute Gasteiger partial charge is 0.497 e. The van der Waals surface area contributed by atoms with E-state index in [0.29, 0.717) is 17.8 Å². The van der Waals surface area contributed by atoms with Crippen molar-refractivity contribution in [3.63, 3.8) is 0 Å². The fourth-order valence-electron chi connectivity index (χ4n) is 2.28. The van der Waals surface area contributed by atoms with E-state index in [-0.39, 0.29) is 12.5 Å². The number of ether oxygens (including phenoxy) is 2. The predicted molar refractivity (Wildman–Crippen MR) is 96.0 cm³/mol. The van der Waals surface area contributed by atoms with E-state index >= 15 is 0 Å². The maximum atomic E-state index is 11.9. The molecule has 0 saturated heterocycles. The third kappa shape index (κ3) is 5.93. The van der Waals surface area contributed by atoms with Gasteiger partial charge in [0.05, 0.1) is 26.3 Å². The van der Waals surface area contributed by atoms with Crippen LogP contribution in [0.4, 0.5) is 5.69 Å². The maximum absolute atomic E-state index is 11.9. The summed E-state index contributed by atoms with van der Waals surface area (Å²) in [6, 6.07) is 14.4. The van der Waals surface area contributed by atoms with Crippen LogP contribution in [0.5, 0.6) is 5.75 Å². The molecule has 0 unspecified atom stereocenters. The van der Waals surface area contributed by atoms with Crippen molar-refractivity contribution < 1.29 is 19.1 Å². The van der Waals surface area contributed by atoms with Crippen molar-refractivity contribution >= 4 is 17.6 Å². The van der Waals surface area contributed by atoms with Crippen LogP contribution in [-0.4, -0.2) is 39.2 Å². The van der Waals surface area contributed by atoms with Crippen molar-refractivity contribution in [3.8, 4) is 5.75 Å². The van der Waals surface area contributed by atoms with Gasteiger partial charge in [-0.15, -0.1) is 0 Å². The highest BCUT2D eigenvalue weighted by atomic mass is 16.5. The monoisotopic (exact) mass is 342 g/mol.